The minimum atomic E-state index is -2.89. The molecule has 0 amide bonds. The van der Waals surface area contributed by atoms with Crippen molar-refractivity contribution >= 4 is 22.5 Å². The Kier molecular flexibility index (Phi) is 6.62. The van der Waals surface area contributed by atoms with Gasteiger partial charge in [-0.2, -0.15) is 4.98 Å². The molecule has 0 N–H and O–H groups in total. The number of aryl methyl sites for hydroxylation is 1. The predicted molar refractivity (Wildman–Crippen MR) is 134 cm³/mol. The molecule has 1 aliphatic rings. The number of nitrogens with zero attached hydrogens (tertiary/aromatic N) is 7. The summed E-state index contributed by atoms with van der Waals surface area (Å²) in [5.41, 5.74) is 2.18. The number of alkyl halides is 2. The van der Waals surface area contributed by atoms with Crippen LogP contribution in [-0.2, 0) is 7.05 Å². The summed E-state index contributed by atoms with van der Waals surface area (Å²) in [6.07, 6.45) is -2.89. The molecule has 3 aromatic heterocycles. The number of hydrogen-bond acceptors (Lipinski definition) is 7. The number of pyridine rings is 2. The fraction of sp³-hybridized carbons (Fsp3) is 0.346. The van der Waals surface area contributed by atoms with Crippen molar-refractivity contribution in [3.8, 4) is 0 Å². The van der Waals surface area contributed by atoms with Gasteiger partial charge in [0.25, 0.3) is 11.4 Å². The highest BCUT2D eigenvalue weighted by molar-refractivity contribution is 5.89. The number of piperazine rings is 1. The smallest absolute Gasteiger partial charge is 0.300 e. The quantitative estimate of drug-likeness (QED) is 0.353. The van der Waals surface area contributed by atoms with Crippen LogP contribution in [0.3, 0.4) is 0 Å². The molecular weight excluding hydrogens is 499 g/mol. The van der Waals surface area contributed by atoms with Crippen LogP contribution < -0.4 is 10.5 Å². The van der Waals surface area contributed by atoms with Gasteiger partial charge in [0, 0.05) is 38.3 Å². The molecule has 1 unspecified atom stereocenters. The summed E-state index contributed by atoms with van der Waals surface area (Å²) >= 11 is 0. The third kappa shape index (κ3) is 4.50. The molecule has 3 atom stereocenters. The van der Waals surface area contributed by atoms with Gasteiger partial charge in [-0.3, -0.25) is 9.69 Å². The highest BCUT2D eigenvalue weighted by Gasteiger charge is 2.39. The minimum Gasteiger partial charge on any atom is -0.362 e. The van der Waals surface area contributed by atoms with Gasteiger partial charge in [-0.25, -0.2) is 13.2 Å². The lowest BCUT2D eigenvalue weighted by Crippen LogP contribution is -2.57. The van der Waals surface area contributed by atoms with E-state index in [-0.39, 0.29) is 29.4 Å². The molecule has 5 rings (SSSR count). The molecule has 12 heteroatoms. The van der Waals surface area contributed by atoms with Gasteiger partial charge in [-0.15, -0.1) is 4.98 Å². The fourth-order valence-electron chi connectivity index (χ4n) is 5.00. The van der Waals surface area contributed by atoms with E-state index in [0.717, 1.165) is 0 Å². The Labute approximate surface area is 215 Å². The van der Waals surface area contributed by atoms with Crippen LogP contribution in [-0.4, -0.2) is 49.8 Å². The van der Waals surface area contributed by atoms with Crippen LogP contribution >= 0.6 is 0 Å². The van der Waals surface area contributed by atoms with Crippen LogP contribution in [0.15, 0.2) is 51.8 Å². The van der Waals surface area contributed by atoms with E-state index in [2.05, 4.69) is 24.9 Å². The number of benzene rings is 1. The second-order valence-electron chi connectivity index (χ2n) is 9.37. The maximum absolute atomic E-state index is 13.7. The summed E-state index contributed by atoms with van der Waals surface area (Å²) in [6, 6.07) is 9.49. The highest BCUT2D eigenvalue weighted by Crippen LogP contribution is 2.36. The number of aromatic nitrogens is 4. The van der Waals surface area contributed by atoms with Crippen molar-refractivity contribution in [3.05, 3.63) is 87.3 Å². The average Bonchev–Trinajstić information content (AvgIpc) is 3.39. The van der Waals surface area contributed by atoms with Gasteiger partial charge in [-0.1, -0.05) is 23.9 Å². The Morgan fingerprint density at radius 1 is 1.08 bits per heavy atom. The van der Waals surface area contributed by atoms with Crippen molar-refractivity contribution < 1.29 is 17.7 Å². The molecule has 38 heavy (non-hydrogen) atoms. The van der Waals surface area contributed by atoms with Crippen LogP contribution in [0.5, 0.6) is 0 Å². The molecule has 196 valence electrons. The molecule has 1 saturated heterocycles. The van der Waals surface area contributed by atoms with E-state index in [1.807, 2.05) is 18.7 Å². The van der Waals surface area contributed by atoms with E-state index in [9.17, 15) is 18.0 Å². The minimum absolute atomic E-state index is 0.0122. The number of anilines is 1. The van der Waals surface area contributed by atoms with Gasteiger partial charge < -0.3 is 18.8 Å². The van der Waals surface area contributed by atoms with Gasteiger partial charge >= 0.3 is 6.43 Å². The van der Waals surface area contributed by atoms with Crippen molar-refractivity contribution in [1.29, 1.82) is 0 Å². The maximum Gasteiger partial charge on any atom is 0.300 e. The average molecular weight is 524 g/mol. The zero-order valence-corrected chi connectivity index (χ0v) is 20.8. The van der Waals surface area contributed by atoms with Crippen LogP contribution in [0.1, 0.15) is 43.6 Å². The lowest BCUT2D eigenvalue weighted by atomic mass is 9.98. The molecule has 0 bridgehead atoms. The van der Waals surface area contributed by atoms with E-state index >= 15 is 0 Å². The van der Waals surface area contributed by atoms with Crippen LogP contribution in [0.4, 0.5) is 24.7 Å². The first-order valence-corrected chi connectivity index (χ1v) is 12.0. The van der Waals surface area contributed by atoms with E-state index in [1.54, 1.807) is 31.3 Å². The Hall–Kier alpha value is -4.24. The van der Waals surface area contributed by atoms with Gasteiger partial charge in [0.15, 0.2) is 0 Å². The predicted octanol–water partition coefficient (Wildman–Crippen LogP) is 4.63. The molecule has 0 spiro atoms. The third-order valence-electron chi connectivity index (χ3n) is 6.92. The molecule has 0 radical (unpaired) electrons. The monoisotopic (exact) mass is 523 g/mol. The number of hydrogen-bond donors (Lipinski definition) is 0. The summed E-state index contributed by atoms with van der Waals surface area (Å²) < 4.78 is 47.0. The Bertz CT molecular complexity index is 1580. The Morgan fingerprint density at radius 2 is 1.82 bits per heavy atom. The van der Waals surface area contributed by atoms with E-state index in [1.165, 1.54) is 22.8 Å². The summed E-state index contributed by atoms with van der Waals surface area (Å²) in [6.45, 7) is 12.2. The largest absolute Gasteiger partial charge is 0.362 e. The molecule has 1 aromatic carbocycles. The van der Waals surface area contributed by atoms with Gasteiger partial charge in [0.1, 0.15) is 11.9 Å². The van der Waals surface area contributed by atoms with Crippen molar-refractivity contribution in [1.82, 2.24) is 24.6 Å². The SMILES string of the molecule is [C-]#[N+]c1ccc2c(n1)c(N1C[C@@H](C)N(C(c3ccc(F)cc3)c3nc(C(F)F)no3)C[C@@H]1C)cc(=O)n2C. The second kappa shape index (κ2) is 9.90. The first kappa shape index (κ1) is 25.4. The van der Waals surface area contributed by atoms with Crippen LogP contribution in [0, 0.1) is 12.4 Å². The summed E-state index contributed by atoms with van der Waals surface area (Å²) in [5.74, 6) is -0.928. The molecule has 4 heterocycles. The van der Waals surface area contributed by atoms with Gasteiger partial charge in [0.05, 0.1) is 11.2 Å². The Balaban J connectivity index is 1.55. The van der Waals surface area contributed by atoms with Crippen LogP contribution in [0.2, 0.25) is 0 Å². The molecule has 0 saturated carbocycles. The first-order valence-electron chi connectivity index (χ1n) is 12.0. The zero-order valence-electron chi connectivity index (χ0n) is 20.8. The summed E-state index contributed by atoms with van der Waals surface area (Å²) in [5, 5.41) is 3.43. The number of rotatable bonds is 5. The third-order valence-corrected chi connectivity index (χ3v) is 6.92. The van der Waals surface area contributed by atoms with Crippen molar-refractivity contribution in [2.24, 2.45) is 7.05 Å². The second-order valence-corrected chi connectivity index (χ2v) is 9.37. The van der Waals surface area contributed by atoms with Gasteiger partial charge in [0.2, 0.25) is 17.2 Å². The van der Waals surface area contributed by atoms with Crippen LogP contribution in [0.25, 0.3) is 15.9 Å². The first-order chi connectivity index (χ1) is 18.2. The van der Waals surface area contributed by atoms with Crippen molar-refractivity contribution in [3.63, 3.8) is 0 Å². The molecule has 4 aromatic rings. The molecule has 1 aliphatic heterocycles. The summed E-state index contributed by atoms with van der Waals surface area (Å²) in [7, 11) is 1.66. The zero-order chi connectivity index (χ0) is 27.1. The Morgan fingerprint density at radius 3 is 2.47 bits per heavy atom. The standard InChI is InChI=1S/C26H24F3N7O2/c1-14-13-36(23(16-5-7-17(27)8-6-16)26-32-25(24(28)29)33-38-26)15(2)12-35(14)19-11-21(37)34(4)18-9-10-20(30-3)31-22(18)19/h5-11,14-15,23-24H,12-13H2,1-2,4H3/t14-,15+,23?/m0/s1. The molecule has 9 nitrogen and oxygen atoms in total. The maximum atomic E-state index is 13.7. The number of halogens is 3. The van der Waals surface area contributed by atoms with E-state index < -0.39 is 24.1 Å². The molecule has 1 fully saturated rings. The normalized spacial score (nSPS) is 19.2. The highest BCUT2D eigenvalue weighted by atomic mass is 19.3. The topological polar surface area (TPSA) is 84.7 Å². The van der Waals surface area contributed by atoms with Gasteiger partial charge in [-0.05, 0) is 43.7 Å². The van der Waals surface area contributed by atoms with Crippen molar-refractivity contribution in [2.75, 3.05) is 18.0 Å². The fourth-order valence-corrected chi connectivity index (χ4v) is 5.00. The number of fused-ring (bicyclic) bond motifs is 1. The van der Waals surface area contributed by atoms with E-state index in [4.69, 9.17) is 11.1 Å². The van der Waals surface area contributed by atoms with Crippen molar-refractivity contribution in [2.45, 2.75) is 38.4 Å². The lowest BCUT2D eigenvalue weighted by molar-refractivity contribution is 0.109. The summed E-state index contributed by atoms with van der Waals surface area (Å²) in [4.78, 5) is 28.8. The molecule has 0 aliphatic carbocycles. The lowest BCUT2D eigenvalue weighted by Gasteiger charge is -2.47. The molecular formula is C26H24F3N7O2. The van der Waals surface area contributed by atoms with E-state index in [0.29, 0.717) is 35.4 Å².